The number of amides is 1. The Morgan fingerprint density at radius 1 is 1.19 bits per heavy atom. The third-order valence-electron chi connectivity index (χ3n) is 4.32. The van der Waals surface area contributed by atoms with Crippen LogP contribution in [0.5, 0.6) is 5.75 Å². The van der Waals surface area contributed by atoms with Gasteiger partial charge in [0.1, 0.15) is 17.7 Å². The molecule has 1 aliphatic rings. The quantitative estimate of drug-likeness (QED) is 0.746. The van der Waals surface area contributed by atoms with Crippen molar-refractivity contribution in [1.82, 2.24) is 15.3 Å². The number of carbonyl (C=O) groups excluding carboxylic acids is 1. The second-order valence-electron chi connectivity index (χ2n) is 6.12. The zero-order valence-corrected chi connectivity index (χ0v) is 14.9. The van der Waals surface area contributed by atoms with Gasteiger partial charge in [0.25, 0.3) is 5.91 Å². The van der Waals surface area contributed by atoms with Gasteiger partial charge in [0.05, 0.1) is 22.7 Å². The Bertz CT molecular complexity index is 978. The molecule has 0 spiro atoms. The van der Waals surface area contributed by atoms with E-state index in [2.05, 4.69) is 15.3 Å². The van der Waals surface area contributed by atoms with Gasteiger partial charge in [-0.3, -0.25) is 4.79 Å². The van der Waals surface area contributed by atoms with E-state index < -0.39 is 11.7 Å². The van der Waals surface area contributed by atoms with Crippen molar-refractivity contribution >= 4 is 17.5 Å². The first-order valence-corrected chi connectivity index (χ1v) is 8.79. The molecule has 1 aromatic heterocycles. The van der Waals surface area contributed by atoms with Gasteiger partial charge in [-0.05, 0) is 29.8 Å². The van der Waals surface area contributed by atoms with E-state index in [1.807, 2.05) is 18.2 Å². The van der Waals surface area contributed by atoms with E-state index in [1.54, 1.807) is 18.5 Å². The summed E-state index contributed by atoms with van der Waals surface area (Å²) in [6, 6.07) is 11.7. The first-order valence-electron chi connectivity index (χ1n) is 8.41. The van der Waals surface area contributed by atoms with Gasteiger partial charge in [-0.2, -0.15) is 0 Å². The molecule has 0 saturated carbocycles. The second-order valence-corrected chi connectivity index (χ2v) is 6.52. The lowest BCUT2D eigenvalue weighted by Crippen LogP contribution is -2.35. The van der Waals surface area contributed by atoms with Crippen molar-refractivity contribution in [2.24, 2.45) is 0 Å². The summed E-state index contributed by atoms with van der Waals surface area (Å²) in [6.45, 7) is 0.229. The number of hydrogen-bond donors (Lipinski definition) is 1. The van der Waals surface area contributed by atoms with Gasteiger partial charge in [0.2, 0.25) is 0 Å². The van der Waals surface area contributed by atoms with E-state index in [9.17, 15) is 9.18 Å². The van der Waals surface area contributed by atoms with Crippen LogP contribution in [0.2, 0.25) is 5.02 Å². The minimum atomic E-state index is -0.654. The molecule has 27 heavy (non-hydrogen) atoms. The van der Waals surface area contributed by atoms with Crippen LogP contribution in [0.15, 0.2) is 54.9 Å². The number of rotatable bonds is 4. The molecule has 1 atom stereocenters. The Hall–Kier alpha value is -2.99. The third kappa shape index (κ3) is 3.48. The highest BCUT2D eigenvalue weighted by atomic mass is 35.5. The van der Waals surface area contributed by atoms with Gasteiger partial charge < -0.3 is 10.1 Å². The molecule has 0 bridgehead atoms. The number of fused-ring (bicyclic) bond motifs is 1. The molecular formula is C20H15ClFN3O2. The van der Waals surface area contributed by atoms with E-state index in [-0.39, 0.29) is 23.2 Å². The Morgan fingerprint density at radius 3 is 2.74 bits per heavy atom. The Labute approximate surface area is 160 Å². The van der Waals surface area contributed by atoms with Crippen molar-refractivity contribution in [1.29, 1.82) is 0 Å². The van der Waals surface area contributed by atoms with Crippen LogP contribution in [0.3, 0.4) is 0 Å². The molecule has 1 amide bonds. The monoisotopic (exact) mass is 383 g/mol. The van der Waals surface area contributed by atoms with Crippen LogP contribution in [-0.4, -0.2) is 28.5 Å². The van der Waals surface area contributed by atoms with Crippen LogP contribution >= 0.6 is 11.6 Å². The van der Waals surface area contributed by atoms with Gasteiger partial charge >= 0.3 is 0 Å². The summed E-state index contributed by atoms with van der Waals surface area (Å²) in [7, 11) is 0. The molecule has 2 aromatic carbocycles. The summed E-state index contributed by atoms with van der Waals surface area (Å²) in [5.41, 5.74) is 1.66. The smallest absolute Gasteiger partial charge is 0.255 e. The third-order valence-corrected chi connectivity index (χ3v) is 4.63. The highest BCUT2D eigenvalue weighted by Gasteiger charge is 2.27. The molecule has 5 nitrogen and oxygen atoms in total. The Morgan fingerprint density at radius 2 is 1.96 bits per heavy atom. The minimum absolute atomic E-state index is 0.0756. The van der Waals surface area contributed by atoms with Crippen LogP contribution in [-0.2, 0) is 6.42 Å². The fraction of sp³-hybridized carbons (Fsp3) is 0.150. The zero-order chi connectivity index (χ0) is 18.8. The number of ether oxygens (including phenoxy) is 1. The van der Waals surface area contributed by atoms with Gasteiger partial charge in [-0.25, -0.2) is 14.4 Å². The number of carbonyl (C=O) groups is 1. The fourth-order valence-electron chi connectivity index (χ4n) is 3.08. The normalized spacial score (nSPS) is 15.1. The van der Waals surface area contributed by atoms with E-state index in [0.29, 0.717) is 18.0 Å². The van der Waals surface area contributed by atoms with Crippen molar-refractivity contribution < 1.29 is 13.9 Å². The maximum absolute atomic E-state index is 13.9. The molecule has 136 valence electrons. The summed E-state index contributed by atoms with van der Waals surface area (Å²) in [6.07, 6.45) is 3.71. The first-order chi connectivity index (χ1) is 13.1. The summed E-state index contributed by atoms with van der Waals surface area (Å²) in [4.78, 5) is 20.8. The molecule has 0 unspecified atom stereocenters. The molecule has 0 saturated heterocycles. The molecule has 0 radical (unpaired) electrons. The number of para-hydroxylation sites is 1. The minimum Gasteiger partial charge on any atom is -0.487 e. The molecule has 7 heteroatoms. The van der Waals surface area contributed by atoms with Crippen molar-refractivity contribution in [2.75, 3.05) is 6.54 Å². The van der Waals surface area contributed by atoms with E-state index >= 15 is 0 Å². The average molecular weight is 384 g/mol. The summed E-state index contributed by atoms with van der Waals surface area (Å²) in [5.74, 6) is 0.0764. The molecule has 4 rings (SSSR count). The molecule has 3 aromatic rings. The number of nitrogens with zero attached hydrogens (tertiary/aromatic N) is 2. The number of benzene rings is 2. The molecule has 1 aliphatic heterocycles. The predicted molar refractivity (Wildman–Crippen MR) is 99.3 cm³/mol. The molecular weight excluding hydrogens is 369 g/mol. The lowest BCUT2D eigenvalue weighted by Gasteiger charge is -2.14. The van der Waals surface area contributed by atoms with Gasteiger partial charge in [-0.1, -0.05) is 29.8 Å². The number of halogens is 2. The molecule has 2 heterocycles. The van der Waals surface area contributed by atoms with Crippen molar-refractivity contribution in [3.63, 3.8) is 0 Å². The van der Waals surface area contributed by atoms with Crippen LogP contribution in [0.25, 0.3) is 11.4 Å². The maximum Gasteiger partial charge on any atom is 0.255 e. The lowest BCUT2D eigenvalue weighted by atomic mass is 10.1. The predicted octanol–water partition coefficient (Wildman–Crippen LogP) is 3.67. The summed E-state index contributed by atoms with van der Waals surface area (Å²) >= 11 is 5.94. The highest BCUT2D eigenvalue weighted by molar-refractivity contribution is 6.33. The van der Waals surface area contributed by atoms with Crippen molar-refractivity contribution in [2.45, 2.75) is 12.5 Å². The van der Waals surface area contributed by atoms with Crippen LogP contribution < -0.4 is 10.1 Å². The topological polar surface area (TPSA) is 64.1 Å². The summed E-state index contributed by atoms with van der Waals surface area (Å²) in [5, 5.41) is 2.77. The van der Waals surface area contributed by atoms with Gasteiger partial charge in [-0.15, -0.1) is 0 Å². The Kier molecular flexibility index (Phi) is 4.73. The number of aromatic nitrogens is 2. The summed E-state index contributed by atoms with van der Waals surface area (Å²) < 4.78 is 19.9. The maximum atomic E-state index is 13.9. The van der Waals surface area contributed by atoms with Gasteiger partial charge in [0.15, 0.2) is 5.82 Å². The van der Waals surface area contributed by atoms with Crippen LogP contribution in [0, 0.1) is 5.82 Å². The van der Waals surface area contributed by atoms with Crippen LogP contribution in [0.4, 0.5) is 4.39 Å². The van der Waals surface area contributed by atoms with E-state index in [1.165, 1.54) is 18.2 Å². The standard InChI is InChI=1S/C20H15ClFN3O2/c21-15-6-2-7-16(22)17(15)20(26)25-11-13-10-12-4-1-5-14(18(12)27-13)19-23-8-3-9-24-19/h1-9,13H,10-11H2,(H,25,26)/t13-/m1/s1. The largest absolute Gasteiger partial charge is 0.487 e. The fourth-order valence-corrected chi connectivity index (χ4v) is 3.32. The van der Waals surface area contributed by atoms with E-state index in [0.717, 1.165) is 11.1 Å². The van der Waals surface area contributed by atoms with Crippen molar-refractivity contribution in [3.8, 4) is 17.1 Å². The average Bonchev–Trinajstić information content (AvgIpc) is 3.10. The number of nitrogens with one attached hydrogen (secondary N) is 1. The Balaban J connectivity index is 1.47. The SMILES string of the molecule is O=C(NC[C@H]1Cc2cccc(-c3ncccn3)c2O1)c1c(F)cccc1Cl. The molecule has 0 aliphatic carbocycles. The molecule has 0 fully saturated rings. The highest BCUT2D eigenvalue weighted by Crippen LogP contribution is 2.37. The van der Waals surface area contributed by atoms with Crippen LogP contribution in [0.1, 0.15) is 15.9 Å². The van der Waals surface area contributed by atoms with Gasteiger partial charge in [0, 0.05) is 18.8 Å². The number of hydrogen-bond acceptors (Lipinski definition) is 4. The zero-order valence-electron chi connectivity index (χ0n) is 14.2. The lowest BCUT2D eigenvalue weighted by molar-refractivity contribution is 0.0930. The van der Waals surface area contributed by atoms with Crippen molar-refractivity contribution in [3.05, 3.63) is 76.8 Å². The van der Waals surface area contributed by atoms with E-state index in [4.69, 9.17) is 16.3 Å². The second kappa shape index (κ2) is 7.32. The first kappa shape index (κ1) is 17.4. The molecule has 1 N–H and O–H groups in total.